The van der Waals surface area contributed by atoms with E-state index in [2.05, 4.69) is 39.2 Å². The fourth-order valence-electron chi connectivity index (χ4n) is 3.59. The lowest BCUT2D eigenvalue weighted by Gasteiger charge is -2.31. The molecule has 5 heteroatoms. The van der Waals surface area contributed by atoms with E-state index in [0.29, 0.717) is 11.6 Å². The van der Waals surface area contributed by atoms with Gasteiger partial charge in [0.1, 0.15) is 5.69 Å². The summed E-state index contributed by atoms with van der Waals surface area (Å²) in [5.74, 6) is 0.602. The Balaban J connectivity index is 1.37. The fraction of sp³-hybridized carbons (Fsp3) is 0.333. The van der Waals surface area contributed by atoms with Crippen molar-refractivity contribution in [2.45, 2.75) is 26.2 Å². The minimum absolute atomic E-state index is 0.00673. The normalized spacial score (nSPS) is 15.3. The highest BCUT2D eigenvalue weighted by atomic mass is 16.2. The van der Waals surface area contributed by atoms with Gasteiger partial charge in [0.25, 0.3) is 5.91 Å². The molecule has 0 radical (unpaired) electrons. The van der Waals surface area contributed by atoms with Crippen molar-refractivity contribution >= 4 is 16.8 Å². The molecule has 3 heterocycles. The molecular formula is C21H22N4O. The summed E-state index contributed by atoms with van der Waals surface area (Å²) in [6.07, 6.45) is 8.15. The number of fused-ring (bicyclic) bond motifs is 1. The van der Waals surface area contributed by atoms with Crippen molar-refractivity contribution in [2.75, 3.05) is 13.1 Å². The molecule has 1 aromatic carbocycles. The standard InChI is InChI=1S/C21H22N4O/c1-15-13-24-20(14-23-15)21(26)25-9-6-16(7-10-25)11-17-4-5-19-18(12-17)3-2-8-22-19/h2-5,8,12-14,16H,6-7,9-11H2,1H3. The number of benzene rings is 1. The number of pyridine rings is 1. The minimum Gasteiger partial charge on any atom is -0.337 e. The lowest BCUT2D eigenvalue weighted by molar-refractivity contribution is 0.0684. The number of hydrogen-bond donors (Lipinski definition) is 0. The number of carbonyl (C=O) groups is 1. The first-order valence-corrected chi connectivity index (χ1v) is 9.10. The number of piperidine rings is 1. The summed E-state index contributed by atoms with van der Waals surface area (Å²) in [6, 6.07) is 10.6. The van der Waals surface area contributed by atoms with Gasteiger partial charge in [-0.05, 0) is 55.9 Å². The third-order valence-corrected chi connectivity index (χ3v) is 5.09. The summed E-state index contributed by atoms with van der Waals surface area (Å²) in [7, 11) is 0. The van der Waals surface area contributed by atoms with Crippen LogP contribution in [0.2, 0.25) is 0 Å². The van der Waals surface area contributed by atoms with E-state index in [-0.39, 0.29) is 5.91 Å². The van der Waals surface area contributed by atoms with Crippen molar-refractivity contribution in [1.29, 1.82) is 0 Å². The number of rotatable bonds is 3. The highest BCUT2D eigenvalue weighted by Gasteiger charge is 2.24. The number of nitrogens with zero attached hydrogens (tertiary/aromatic N) is 4. The first-order chi connectivity index (χ1) is 12.7. The summed E-state index contributed by atoms with van der Waals surface area (Å²) in [4.78, 5) is 27.2. The third kappa shape index (κ3) is 3.57. The molecule has 2 aromatic heterocycles. The van der Waals surface area contributed by atoms with Crippen molar-refractivity contribution in [3.8, 4) is 0 Å². The maximum atomic E-state index is 12.5. The monoisotopic (exact) mass is 346 g/mol. The SMILES string of the molecule is Cc1cnc(C(=O)N2CCC(Cc3ccc4ncccc4c3)CC2)cn1. The molecule has 0 atom stereocenters. The lowest BCUT2D eigenvalue weighted by atomic mass is 9.89. The summed E-state index contributed by atoms with van der Waals surface area (Å²) < 4.78 is 0. The average molecular weight is 346 g/mol. The maximum Gasteiger partial charge on any atom is 0.274 e. The van der Waals surface area contributed by atoms with Gasteiger partial charge in [-0.25, -0.2) is 4.98 Å². The van der Waals surface area contributed by atoms with Crippen LogP contribution >= 0.6 is 0 Å². The van der Waals surface area contributed by atoms with E-state index < -0.39 is 0 Å². The van der Waals surface area contributed by atoms with Gasteiger partial charge in [0.15, 0.2) is 0 Å². The van der Waals surface area contributed by atoms with Crippen LogP contribution < -0.4 is 0 Å². The van der Waals surface area contributed by atoms with Crippen LogP contribution in [0, 0.1) is 12.8 Å². The summed E-state index contributed by atoms with van der Waals surface area (Å²) in [5, 5.41) is 1.19. The van der Waals surface area contributed by atoms with Crippen LogP contribution in [0.15, 0.2) is 48.9 Å². The van der Waals surface area contributed by atoms with Crippen molar-refractivity contribution < 1.29 is 4.79 Å². The van der Waals surface area contributed by atoms with Crippen LogP contribution in [0.3, 0.4) is 0 Å². The molecule has 1 amide bonds. The minimum atomic E-state index is -0.00673. The van der Waals surface area contributed by atoms with Gasteiger partial charge in [0.05, 0.1) is 17.4 Å². The predicted octanol–water partition coefficient (Wildman–Crippen LogP) is 3.43. The molecule has 1 fully saturated rings. The topological polar surface area (TPSA) is 59.0 Å². The zero-order valence-electron chi connectivity index (χ0n) is 14.9. The molecule has 5 nitrogen and oxygen atoms in total. The molecule has 0 spiro atoms. The third-order valence-electron chi connectivity index (χ3n) is 5.09. The van der Waals surface area contributed by atoms with E-state index in [1.54, 1.807) is 12.4 Å². The summed E-state index contributed by atoms with van der Waals surface area (Å²) >= 11 is 0. The van der Waals surface area contributed by atoms with E-state index in [9.17, 15) is 4.79 Å². The molecule has 1 saturated heterocycles. The van der Waals surface area contributed by atoms with Crippen LogP contribution in [-0.4, -0.2) is 38.8 Å². The van der Waals surface area contributed by atoms with Crippen molar-refractivity contribution in [1.82, 2.24) is 19.9 Å². The van der Waals surface area contributed by atoms with Gasteiger partial charge >= 0.3 is 0 Å². The molecule has 3 aromatic rings. The van der Waals surface area contributed by atoms with E-state index >= 15 is 0 Å². The Morgan fingerprint density at radius 2 is 1.96 bits per heavy atom. The first kappa shape index (κ1) is 16.6. The second-order valence-electron chi connectivity index (χ2n) is 7.01. The zero-order chi connectivity index (χ0) is 17.9. The average Bonchev–Trinajstić information content (AvgIpc) is 2.68. The Morgan fingerprint density at radius 1 is 1.12 bits per heavy atom. The Hall–Kier alpha value is -2.82. The van der Waals surface area contributed by atoms with Gasteiger partial charge < -0.3 is 4.90 Å². The predicted molar refractivity (Wildman–Crippen MR) is 101 cm³/mol. The van der Waals surface area contributed by atoms with Crippen LogP contribution in [0.25, 0.3) is 10.9 Å². The van der Waals surface area contributed by atoms with E-state index in [0.717, 1.165) is 43.6 Å². The molecule has 0 saturated carbocycles. The number of carbonyl (C=O) groups excluding carboxylic acids is 1. The highest BCUT2D eigenvalue weighted by Crippen LogP contribution is 2.24. The fourth-order valence-corrected chi connectivity index (χ4v) is 3.59. The molecule has 0 N–H and O–H groups in total. The second-order valence-corrected chi connectivity index (χ2v) is 7.01. The van der Waals surface area contributed by atoms with Gasteiger partial charge in [0.2, 0.25) is 0 Å². The Bertz CT molecular complexity index is 915. The smallest absolute Gasteiger partial charge is 0.274 e. The van der Waals surface area contributed by atoms with Crippen molar-refractivity contribution in [2.24, 2.45) is 5.92 Å². The van der Waals surface area contributed by atoms with Crippen LogP contribution in [0.5, 0.6) is 0 Å². The van der Waals surface area contributed by atoms with Crippen LogP contribution in [0.1, 0.15) is 34.6 Å². The van der Waals surface area contributed by atoms with Gasteiger partial charge in [0, 0.05) is 30.9 Å². The van der Waals surface area contributed by atoms with E-state index in [1.165, 1.54) is 10.9 Å². The number of hydrogen-bond acceptors (Lipinski definition) is 4. The summed E-state index contributed by atoms with van der Waals surface area (Å²) in [6.45, 7) is 3.44. The molecule has 0 aliphatic carbocycles. The quantitative estimate of drug-likeness (QED) is 0.729. The number of likely N-dealkylation sites (tertiary alicyclic amines) is 1. The first-order valence-electron chi connectivity index (χ1n) is 9.10. The summed E-state index contributed by atoms with van der Waals surface area (Å²) in [5.41, 5.74) is 3.65. The number of aromatic nitrogens is 3. The molecule has 1 aliphatic rings. The van der Waals surface area contributed by atoms with E-state index in [4.69, 9.17) is 0 Å². The highest BCUT2D eigenvalue weighted by molar-refractivity contribution is 5.92. The second kappa shape index (κ2) is 7.20. The molecule has 4 rings (SSSR count). The van der Waals surface area contributed by atoms with Gasteiger partial charge in [-0.1, -0.05) is 12.1 Å². The Kier molecular flexibility index (Phi) is 4.61. The molecule has 0 bridgehead atoms. The van der Waals surface area contributed by atoms with Crippen molar-refractivity contribution in [3.05, 3.63) is 65.9 Å². The molecule has 132 valence electrons. The van der Waals surface area contributed by atoms with Crippen LogP contribution in [0.4, 0.5) is 0 Å². The number of amides is 1. The Morgan fingerprint density at radius 3 is 2.73 bits per heavy atom. The molecule has 1 aliphatic heterocycles. The van der Waals surface area contributed by atoms with Gasteiger partial charge in [-0.2, -0.15) is 0 Å². The maximum absolute atomic E-state index is 12.5. The van der Waals surface area contributed by atoms with E-state index in [1.807, 2.05) is 24.1 Å². The molecule has 26 heavy (non-hydrogen) atoms. The van der Waals surface area contributed by atoms with Crippen molar-refractivity contribution in [3.63, 3.8) is 0 Å². The zero-order valence-corrected chi connectivity index (χ0v) is 14.9. The molecule has 0 unspecified atom stereocenters. The largest absolute Gasteiger partial charge is 0.337 e. The lowest BCUT2D eigenvalue weighted by Crippen LogP contribution is -2.39. The van der Waals surface area contributed by atoms with Gasteiger partial charge in [-0.3, -0.25) is 14.8 Å². The van der Waals surface area contributed by atoms with Crippen LogP contribution in [-0.2, 0) is 6.42 Å². The van der Waals surface area contributed by atoms with Gasteiger partial charge in [-0.15, -0.1) is 0 Å². The number of aryl methyl sites for hydroxylation is 1. The molecular weight excluding hydrogens is 324 g/mol. The Labute approximate surface area is 153 Å².